The molecule has 1 N–H and O–H groups in total. The summed E-state index contributed by atoms with van der Waals surface area (Å²) in [5, 5.41) is 3.57. The standard InChI is InChI=1S/C12H15BrN2O/c13-9-7-14-5-3-10(9)15-11-4-6-16-12(11)8-1-2-8/h3,5,7-8,11-12H,1-2,4,6H2,(H,14,15). The van der Waals surface area contributed by atoms with Crippen LogP contribution in [0.1, 0.15) is 19.3 Å². The Morgan fingerprint density at radius 1 is 1.38 bits per heavy atom. The smallest absolute Gasteiger partial charge is 0.0804 e. The maximum absolute atomic E-state index is 5.81. The molecule has 1 saturated heterocycles. The van der Waals surface area contributed by atoms with Crippen molar-refractivity contribution < 1.29 is 4.74 Å². The summed E-state index contributed by atoms with van der Waals surface area (Å²) < 4.78 is 6.83. The highest BCUT2D eigenvalue weighted by molar-refractivity contribution is 9.10. The van der Waals surface area contributed by atoms with Gasteiger partial charge < -0.3 is 10.1 Å². The number of nitrogens with one attached hydrogen (secondary N) is 1. The van der Waals surface area contributed by atoms with Crippen molar-refractivity contribution in [3.05, 3.63) is 22.9 Å². The normalized spacial score (nSPS) is 29.3. The molecular weight excluding hydrogens is 268 g/mol. The Bertz CT molecular complexity index is 381. The van der Waals surface area contributed by atoms with Gasteiger partial charge in [-0.1, -0.05) is 0 Å². The fraction of sp³-hybridized carbons (Fsp3) is 0.583. The van der Waals surface area contributed by atoms with Crippen molar-refractivity contribution in [1.29, 1.82) is 0 Å². The lowest BCUT2D eigenvalue weighted by atomic mass is 10.1. The van der Waals surface area contributed by atoms with Crippen LogP contribution in [0.3, 0.4) is 0 Å². The number of hydrogen-bond acceptors (Lipinski definition) is 3. The van der Waals surface area contributed by atoms with Crippen molar-refractivity contribution in [1.82, 2.24) is 4.98 Å². The van der Waals surface area contributed by atoms with E-state index in [0.717, 1.165) is 29.1 Å². The molecule has 0 spiro atoms. The van der Waals surface area contributed by atoms with E-state index < -0.39 is 0 Å². The van der Waals surface area contributed by atoms with Crippen molar-refractivity contribution in [2.45, 2.75) is 31.4 Å². The summed E-state index contributed by atoms with van der Waals surface area (Å²) in [5.41, 5.74) is 1.12. The van der Waals surface area contributed by atoms with Gasteiger partial charge in [0.2, 0.25) is 0 Å². The van der Waals surface area contributed by atoms with Crippen LogP contribution in [0.4, 0.5) is 5.69 Å². The summed E-state index contributed by atoms with van der Waals surface area (Å²) in [7, 11) is 0. The van der Waals surface area contributed by atoms with Crippen molar-refractivity contribution >= 4 is 21.6 Å². The largest absolute Gasteiger partial charge is 0.379 e. The minimum atomic E-state index is 0.417. The Hall–Kier alpha value is -0.610. The van der Waals surface area contributed by atoms with E-state index >= 15 is 0 Å². The first-order valence-electron chi connectivity index (χ1n) is 5.82. The van der Waals surface area contributed by atoms with Gasteiger partial charge in [-0.2, -0.15) is 0 Å². The summed E-state index contributed by atoms with van der Waals surface area (Å²) in [5.74, 6) is 0.792. The predicted molar refractivity (Wildman–Crippen MR) is 66.4 cm³/mol. The molecule has 2 atom stereocenters. The van der Waals surface area contributed by atoms with Gasteiger partial charge in [-0.05, 0) is 47.2 Å². The molecule has 1 saturated carbocycles. The maximum Gasteiger partial charge on any atom is 0.0804 e. The van der Waals surface area contributed by atoms with Crippen LogP contribution >= 0.6 is 15.9 Å². The Morgan fingerprint density at radius 2 is 2.25 bits per heavy atom. The van der Waals surface area contributed by atoms with E-state index in [4.69, 9.17) is 4.74 Å². The van der Waals surface area contributed by atoms with Crippen LogP contribution in [-0.4, -0.2) is 23.7 Å². The fourth-order valence-electron chi connectivity index (χ4n) is 2.35. The van der Waals surface area contributed by atoms with Gasteiger partial charge in [0.15, 0.2) is 0 Å². The van der Waals surface area contributed by atoms with Crippen molar-refractivity contribution in [3.63, 3.8) is 0 Å². The molecule has 2 unspecified atom stereocenters. The van der Waals surface area contributed by atoms with Crippen LogP contribution in [0.2, 0.25) is 0 Å². The molecule has 0 aromatic carbocycles. The monoisotopic (exact) mass is 282 g/mol. The summed E-state index contributed by atoms with van der Waals surface area (Å²) in [6, 6.07) is 2.47. The molecular formula is C12H15BrN2O. The van der Waals surface area contributed by atoms with E-state index in [1.807, 2.05) is 18.5 Å². The first-order chi connectivity index (χ1) is 7.84. The molecule has 3 nitrogen and oxygen atoms in total. The highest BCUT2D eigenvalue weighted by Gasteiger charge is 2.40. The molecule has 1 aromatic heterocycles. The van der Waals surface area contributed by atoms with E-state index in [-0.39, 0.29) is 0 Å². The molecule has 4 heteroatoms. The zero-order chi connectivity index (χ0) is 11.0. The number of aromatic nitrogens is 1. The van der Waals surface area contributed by atoms with Gasteiger partial charge in [-0.3, -0.25) is 4.98 Å². The van der Waals surface area contributed by atoms with E-state index in [2.05, 4.69) is 26.2 Å². The molecule has 2 aliphatic rings. The molecule has 0 bridgehead atoms. The van der Waals surface area contributed by atoms with Crippen LogP contribution < -0.4 is 5.32 Å². The number of anilines is 1. The van der Waals surface area contributed by atoms with E-state index in [9.17, 15) is 0 Å². The van der Waals surface area contributed by atoms with Crippen LogP contribution in [0, 0.1) is 5.92 Å². The van der Waals surface area contributed by atoms with Crippen LogP contribution in [0.15, 0.2) is 22.9 Å². The van der Waals surface area contributed by atoms with Crippen LogP contribution in [-0.2, 0) is 4.74 Å². The number of pyridine rings is 1. The Labute approximate surface area is 104 Å². The molecule has 86 valence electrons. The number of hydrogen-bond donors (Lipinski definition) is 1. The van der Waals surface area contributed by atoms with Gasteiger partial charge >= 0.3 is 0 Å². The van der Waals surface area contributed by atoms with Crippen molar-refractivity contribution in [3.8, 4) is 0 Å². The van der Waals surface area contributed by atoms with Gasteiger partial charge in [-0.25, -0.2) is 0 Å². The molecule has 2 fully saturated rings. The summed E-state index contributed by atoms with van der Waals surface area (Å²) in [4.78, 5) is 4.07. The minimum Gasteiger partial charge on any atom is -0.379 e. The van der Waals surface area contributed by atoms with E-state index in [1.165, 1.54) is 12.8 Å². The quantitative estimate of drug-likeness (QED) is 0.926. The van der Waals surface area contributed by atoms with Gasteiger partial charge in [0.25, 0.3) is 0 Å². The topological polar surface area (TPSA) is 34.2 Å². The zero-order valence-corrected chi connectivity index (χ0v) is 10.6. The fourth-order valence-corrected chi connectivity index (χ4v) is 2.71. The van der Waals surface area contributed by atoms with E-state index in [1.54, 1.807) is 0 Å². The molecule has 1 aliphatic carbocycles. The Kier molecular flexibility index (Phi) is 2.86. The molecule has 3 rings (SSSR count). The van der Waals surface area contributed by atoms with Crippen molar-refractivity contribution in [2.24, 2.45) is 5.92 Å². The first kappa shape index (κ1) is 10.5. The lowest BCUT2D eigenvalue weighted by Crippen LogP contribution is -2.31. The second kappa shape index (κ2) is 4.34. The maximum atomic E-state index is 5.81. The molecule has 2 heterocycles. The predicted octanol–water partition coefficient (Wildman–Crippen LogP) is 2.82. The van der Waals surface area contributed by atoms with Crippen LogP contribution in [0.5, 0.6) is 0 Å². The molecule has 0 amide bonds. The van der Waals surface area contributed by atoms with Crippen LogP contribution in [0.25, 0.3) is 0 Å². The third-order valence-electron chi connectivity index (χ3n) is 3.34. The lowest BCUT2D eigenvalue weighted by Gasteiger charge is -2.21. The number of nitrogens with zero attached hydrogens (tertiary/aromatic N) is 1. The average Bonchev–Trinajstić information content (AvgIpc) is 3.03. The lowest BCUT2D eigenvalue weighted by molar-refractivity contribution is 0.0898. The second-order valence-corrected chi connectivity index (χ2v) is 5.42. The number of ether oxygens (including phenoxy) is 1. The molecule has 0 radical (unpaired) electrons. The molecule has 16 heavy (non-hydrogen) atoms. The van der Waals surface area contributed by atoms with Gasteiger partial charge in [0.05, 0.1) is 22.3 Å². The van der Waals surface area contributed by atoms with Gasteiger partial charge in [0.1, 0.15) is 0 Å². The summed E-state index contributed by atoms with van der Waals surface area (Å²) >= 11 is 3.51. The molecule has 1 aliphatic heterocycles. The minimum absolute atomic E-state index is 0.417. The summed E-state index contributed by atoms with van der Waals surface area (Å²) in [6.45, 7) is 0.890. The van der Waals surface area contributed by atoms with Gasteiger partial charge in [-0.15, -0.1) is 0 Å². The number of rotatable bonds is 3. The number of halogens is 1. The third kappa shape index (κ3) is 2.09. The molecule has 1 aromatic rings. The zero-order valence-electron chi connectivity index (χ0n) is 9.03. The average molecular weight is 283 g/mol. The SMILES string of the molecule is Brc1cnccc1NC1CCOC1C1CC1. The summed E-state index contributed by atoms with van der Waals surface area (Å²) in [6.07, 6.45) is 7.83. The Morgan fingerprint density at radius 3 is 3.00 bits per heavy atom. The highest BCUT2D eigenvalue weighted by atomic mass is 79.9. The van der Waals surface area contributed by atoms with Gasteiger partial charge in [0, 0.05) is 19.0 Å². The highest BCUT2D eigenvalue weighted by Crippen LogP contribution is 2.40. The first-order valence-corrected chi connectivity index (χ1v) is 6.61. The second-order valence-electron chi connectivity index (χ2n) is 4.57. The Balaban J connectivity index is 1.71. The van der Waals surface area contributed by atoms with Crippen molar-refractivity contribution in [2.75, 3.05) is 11.9 Å². The third-order valence-corrected chi connectivity index (χ3v) is 3.97. The van der Waals surface area contributed by atoms with E-state index in [0.29, 0.717) is 12.1 Å².